The number of amides is 3. The molecule has 0 bridgehead atoms. The number of aliphatic hydroxyl groups is 1. The number of aliphatic hydroxyl groups excluding tert-OH is 1. The highest BCUT2D eigenvalue weighted by atomic mass is 16.4. The van der Waals surface area contributed by atoms with Gasteiger partial charge in [0.25, 0.3) is 0 Å². The number of rotatable bonds is 11. The van der Waals surface area contributed by atoms with Crippen molar-refractivity contribution in [2.45, 2.75) is 63.7 Å². The molecule has 196 valence electrons. The molecule has 0 aliphatic carbocycles. The highest BCUT2D eigenvalue weighted by Crippen LogP contribution is 2.21. The first-order valence-corrected chi connectivity index (χ1v) is 12.2. The van der Waals surface area contributed by atoms with E-state index in [1.807, 2.05) is 38.1 Å². The quantitative estimate of drug-likeness (QED) is 0.253. The summed E-state index contributed by atoms with van der Waals surface area (Å²) in [7, 11) is 0. The first-order chi connectivity index (χ1) is 17.2. The van der Waals surface area contributed by atoms with Crippen molar-refractivity contribution in [3.63, 3.8) is 0 Å². The lowest BCUT2D eigenvalue weighted by Crippen LogP contribution is -2.59. The van der Waals surface area contributed by atoms with Crippen LogP contribution < -0.4 is 16.4 Å². The Kier molecular flexibility index (Phi) is 9.05. The van der Waals surface area contributed by atoms with Gasteiger partial charge in [0.1, 0.15) is 18.1 Å². The van der Waals surface area contributed by atoms with Gasteiger partial charge in [-0.05, 0) is 30.4 Å². The highest BCUT2D eigenvalue weighted by Gasteiger charge is 2.38. The Balaban J connectivity index is 1.81. The van der Waals surface area contributed by atoms with Gasteiger partial charge in [-0.25, -0.2) is 4.79 Å². The van der Waals surface area contributed by atoms with E-state index in [-0.39, 0.29) is 18.9 Å². The molecule has 11 heteroatoms. The summed E-state index contributed by atoms with van der Waals surface area (Å²) in [6.45, 7) is 3.26. The SMILES string of the molecule is CCC(C)C(N)C(=O)NC(Cc1c[nH]c2ccccc12)C(=O)NC(CO)C(=O)N1CCCC1C(=O)O. The van der Waals surface area contributed by atoms with E-state index in [4.69, 9.17) is 5.73 Å². The molecule has 1 aliphatic rings. The molecular weight excluding hydrogens is 466 g/mol. The summed E-state index contributed by atoms with van der Waals surface area (Å²) in [5.41, 5.74) is 7.72. The number of carbonyl (C=O) groups is 4. The van der Waals surface area contributed by atoms with E-state index in [1.165, 1.54) is 0 Å². The second-order valence-electron chi connectivity index (χ2n) is 9.31. The maximum atomic E-state index is 13.3. The number of likely N-dealkylation sites (tertiary alicyclic amines) is 1. The molecule has 7 N–H and O–H groups in total. The van der Waals surface area contributed by atoms with Gasteiger partial charge in [-0.15, -0.1) is 0 Å². The number of carboxylic acid groups (broad SMARTS) is 1. The number of aliphatic carboxylic acids is 1. The van der Waals surface area contributed by atoms with Crippen LogP contribution in [0.1, 0.15) is 38.7 Å². The van der Waals surface area contributed by atoms with Crippen LogP contribution in [0.4, 0.5) is 0 Å². The van der Waals surface area contributed by atoms with E-state index in [1.54, 1.807) is 6.20 Å². The third kappa shape index (κ3) is 6.03. The molecule has 2 aromatic rings. The molecule has 1 aliphatic heterocycles. The molecule has 0 spiro atoms. The molecule has 3 rings (SSSR count). The van der Waals surface area contributed by atoms with Gasteiger partial charge in [0.05, 0.1) is 12.6 Å². The normalized spacial score (nSPS) is 18.9. The lowest BCUT2D eigenvalue weighted by molar-refractivity contribution is -0.150. The molecule has 2 heterocycles. The number of nitrogens with zero attached hydrogens (tertiary/aromatic N) is 1. The zero-order valence-corrected chi connectivity index (χ0v) is 20.6. The number of benzene rings is 1. The van der Waals surface area contributed by atoms with Gasteiger partial charge in [0, 0.05) is 30.1 Å². The van der Waals surface area contributed by atoms with Crippen molar-refractivity contribution in [2.24, 2.45) is 11.7 Å². The zero-order valence-electron chi connectivity index (χ0n) is 20.6. The predicted octanol–water partition coefficient (Wildman–Crippen LogP) is 0.121. The van der Waals surface area contributed by atoms with Crippen molar-refractivity contribution in [3.8, 4) is 0 Å². The number of para-hydroxylation sites is 1. The number of hydrogen-bond acceptors (Lipinski definition) is 6. The van der Waals surface area contributed by atoms with E-state index >= 15 is 0 Å². The Labute approximate surface area is 209 Å². The topological polar surface area (TPSA) is 178 Å². The lowest BCUT2D eigenvalue weighted by atomic mass is 9.98. The maximum absolute atomic E-state index is 13.3. The first-order valence-electron chi connectivity index (χ1n) is 12.2. The molecule has 5 atom stereocenters. The average molecular weight is 502 g/mol. The number of H-pyrrole nitrogens is 1. The van der Waals surface area contributed by atoms with E-state index in [2.05, 4.69) is 15.6 Å². The summed E-state index contributed by atoms with van der Waals surface area (Å²) in [5, 5.41) is 25.4. The standard InChI is InChI=1S/C25H35N5O6/c1-3-14(2)21(26)23(33)28-18(11-15-12-27-17-8-5-4-7-16(15)17)22(32)29-19(13-31)24(34)30-10-6-9-20(30)25(35)36/h4-5,7-8,12,14,18-21,27,31H,3,6,9-11,13,26H2,1-2H3,(H,28,33)(H,29,32)(H,35,36). The maximum Gasteiger partial charge on any atom is 0.326 e. The molecule has 0 saturated carbocycles. The predicted molar refractivity (Wildman–Crippen MR) is 133 cm³/mol. The Morgan fingerprint density at radius 1 is 1.17 bits per heavy atom. The van der Waals surface area contributed by atoms with Gasteiger partial charge < -0.3 is 36.5 Å². The van der Waals surface area contributed by atoms with Crippen molar-refractivity contribution < 1.29 is 29.4 Å². The smallest absolute Gasteiger partial charge is 0.326 e. The minimum absolute atomic E-state index is 0.114. The number of hydrogen-bond donors (Lipinski definition) is 6. The van der Waals surface area contributed by atoms with Crippen molar-refractivity contribution >= 4 is 34.6 Å². The average Bonchev–Trinajstić information content (AvgIpc) is 3.53. The van der Waals surface area contributed by atoms with Gasteiger partial charge in [0.15, 0.2) is 0 Å². The minimum atomic E-state index is -1.34. The van der Waals surface area contributed by atoms with Gasteiger partial charge in [-0.3, -0.25) is 14.4 Å². The molecule has 36 heavy (non-hydrogen) atoms. The highest BCUT2D eigenvalue weighted by molar-refractivity contribution is 5.95. The van der Waals surface area contributed by atoms with Crippen molar-refractivity contribution in [3.05, 3.63) is 36.0 Å². The van der Waals surface area contributed by atoms with E-state index in [0.29, 0.717) is 19.3 Å². The fourth-order valence-electron chi connectivity index (χ4n) is 4.46. The van der Waals surface area contributed by atoms with Crippen molar-refractivity contribution in [1.29, 1.82) is 0 Å². The number of nitrogens with two attached hydrogens (primary N) is 1. The van der Waals surface area contributed by atoms with Crippen LogP contribution in [0, 0.1) is 5.92 Å². The summed E-state index contributed by atoms with van der Waals surface area (Å²) in [6, 6.07) is 3.26. The van der Waals surface area contributed by atoms with E-state index in [0.717, 1.165) is 21.4 Å². The Hall–Kier alpha value is -3.44. The number of nitrogens with one attached hydrogen (secondary N) is 3. The molecule has 3 amide bonds. The third-order valence-electron chi connectivity index (χ3n) is 6.91. The van der Waals surface area contributed by atoms with Gasteiger partial charge >= 0.3 is 5.97 Å². The number of carboxylic acids is 1. The van der Waals surface area contributed by atoms with E-state index < -0.39 is 54.5 Å². The Morgan fingerprint density at radius 2 is 1.86 bits per heavy atom. The van der Waals surface area contributed by atoms with Crippen molar-refractivity contribution in [1.82, 2.24) is 20.5 Å². The fourth-order valence-corrected chi connectivity index (χ4v) is 4.46. The summed E-state index contributed by atoms with van der Waals surface area (Å²) in [6.07, 6.45) is 3.36. The molecule has 5 unspecified atom stereocenters. The summed E-state index contributed by atoms with van der Waals surface area (Å²) in [5.74, 6) is -3.10. The second-order valence-corrected chi connectivity index (χ2v) is 9.31. The molecule has 11 nitrogen and oxygen atoms in total. The number of aromatic nitrogens is 1. The molecule has 1 aromatic heterocycles. The van der Waals surface area contributed by atoms with Crippen molar-refractivity contribution in [2.75, 3.05) is 13.2 Å². The van der Waals surface area contributed by atoms with Crippen LogP contribution in [-0.2, 0) is 25.6 Å². The van der Waals surface area contributed by atoms with Crippen LogP contribution in [-0.4, -0.2) is 81.1 Å². The van der Waals surface area contributed by atoms with Crippen LogP contribution in [0.25, 0.3) is 10.9 Å². The van der Waals surface area contributed by atoms with Crippen LogP contribution in [0.3, 0.4) is 0 Å². The summed E-state index contributed by atoms with van der Waals surface area (Å²) >= 11 is 0. The lowest BCUT2D eigenvalue weighted by Gasteiger charge is -2.28. The number of carbonyl (C=O) groups excluding carboxylic acids is 3. The zero-order chi connectivity index (χ0) is 26.4. The Morgan fingerprint density at radius 3 is 2.53 bits per heavy atom. The molecule has 0 radical (unpaired) electrons. The van der Waals surface area contributed by atoms with Crippen LogP contribution in [0.5, 0.6) is 0 Å². The molecular formula is C25H35N5O6. The van der Waals surface area contributed by atoms with Crippen LogP contribution >= 0.6 is 0 Å². The van der Waals surface area contributed by atoms with Crippen LogP contribution in [0.2, 0.25) is 0 Å². The van der Waals surface area contributed by atoms with E-state index in [9.17, 15) is 29.4 Å². The number of aromatic amines is 1. The van der Waals surface area contributed by atoms with Gasteiger partial charge in [0.2, 0.25) is 17.7 Å². The summed E-state index contributed by atoms with van der Waals surface area (Å²) in [4.78, 5) is 55.0. The molecule has 1 aromatic carbocycles. The summed E-state index contributed by atoms with van der Waals surface area (Å²) < 4.78 is 0. The second kappa shape index (κ2) is 12.0. The van der Waals surface area contributed by atoms with Gasteiger partial charge in [-0.1, -0.05) is 38.5 Å². The third-order valence-corrected chi connectivity index (χ3v) is 6.91. The first kappa shape index (κ1) is 27.2. The fraction of sp³-hybridized carbons (Fsp3) is 0.520. The molecule has 1 saturated heterocycles. The largest absolute Gasteiger partial charge is 0.480 e. The minimum Gasteiger partial charge on any atom is -0.480 e. The number of fused-ring (bicyclic) bond motifs is 1. The molecule has 1 fully saturated rings. The van der Waals surface area contributed by atoms with Gasteiger partial charge in [-0.2, -0.15) is 0 Å². The monoisotopic (exact) mass is 501 g/mol. The Bertz CT molecular complexity index is 1100. The van der Waals surface area contributed by atoms with Crippen LogP contribution in [0.15, 0.2) is 30.5 Å².